The number of esters is 1. The normalized spacial score (nSPS) is 10.3. The molecule has 0 aliphatic heterocycles. The molecule has 0 fully saturated rings. The Morgan fingerprint density at radius 1 is 1.28 bits per heavy atom. The second-order valence-corrected chi connectivity index (χ2v) is 3.93. The molecular weight excluding hydrogens is 230 g/mol. The van der Waals surface area contributed by atoms with Crippen LogP contribution in [0.15, 0.2) is 30.3 Å². The Morgan fingerprint density at radius 3 is 2.67 bits per heavy atom. The predicted molar refractivity (Wildman–Crippen MR) is 66.4 cm³/mol. The zero-order valence-corrected chi connectivity index (χ0v) is 10.5. The highest BCUT2D eigenvalue weighted by molar-refractivity contribution is 5.69. The number of rotatable bonds is 4. The fourth-order valence-electron chi connectivity index (χ4n) is 1.64. The molecule has 0 amide bonds. The van der Waals surface area contributed by atoms with E-state index in [1.54, 1.807) is 4.80 Å². The zero-order valence-electron chi connectivity index (χ0n) is 10.5. The smallest absolute Gasteiger partial charge is 0.305 e. The SMILES string of the molecule is COC(=O)CCc1nn(-c2ccccc2)nc1C. The Hall–Kier alpha value is -2.17. The van der Waals surface area contributed by atoms with Crippen molar-refractivity contribution in [2.45, 2.75) is 19.8 Å². The monoisotopic (exact) mass is 245 g/mol. The zero-order chi connectivity index (χ0) is 13.0. The summed E-state index contributed by atoms with van der Waals surface area (Å²) in [5, 5.41) is 8.72. The standard InChI is InChI=1S/C13H15N3O2/c1-10-12(8-9-13(17)18-2)15-16(14-10)11-6-4-3-5-7-11/h3-7H,8-9H2,1-2H3. The third-order valence-electron chi connectivity index (χ3n) is 2.66. The molecule has 0 aliphatic rings. The molecule has 1 aromatic heterocycles. The van der Waals surface area contributed by atoms with Crippen LogP contribution in [0.1, 0.15) is 17.8 Å². The van der Waals surface area contributed by atoms with Gasteiger partial charge in [0.1, 0.15) is 0 Å². The Morgan fingerprint density at radius 2 is 2.00 bits per heavy atom. The summed E-state index contributed by atoms with van der Waals surface area (Å²) in [6, 6.07) is 9.68. The van der Waals surface area contributed by atoms with Crippen molar-refractivity contribution < 1.29 is 9.53 Å². The van der Waals surface area contributed by atoms with E-state index in [4.69, 9.17) is 0 Å². The van der Waals surface area contributed by atoms with Gasteiger partial charge in [0.05, 0.1) is 30.6 Å². The molecule has 2 aromatic rings. The highest BCUT2D eigenvalue weighted by Gasteiger charge is 2.10. The largest absolute Gasteiger partial charge is 0.469 e. The van der Waals surface area contributed by atoms with E-state index in [-0.39, 0.29) is 5.97 Å². The first-order valence-electron chi connectivity index (χ1n) is 5.76. The number of hydrogen-bond acceptors (Lipinski definition) is 4. The van der Waals surface area contributed by atoms with E-state index in [9.17, 15) is 4.79 Å². The van der Waals surface area contributed by atoms with E-state index in [2.05, 4.69) is 14.9 Å². The molecule has 94 valence electrons. The minimum atomic E-state index is -0.233. The van der Waals surface area contributed by atoms with Gasteiger partial charge in [-0.1, -0.05) is 18.2 Å². The minimum Gasteiger partial charge on any atom is -0.469 e. The Labute approximate surface area is 105 Å². The van der Waals surface area contributed by atoms with Crippen molar-refractivity contribution in [3.05, 3.63) is 41.7 Å². The maximum Gasteiger partial charge on any atom is 0.305 e. The van der Waals surface area contributed by atoms with Crippen LogP contribution in [0.2, 0.25) is 0 Å². The number of benzene rings is 1. The molecule has 2 rings (SSSR count). The predicted octanol–water partition coefficient (Wildman–Crippen LogP) is 1.68. The first-order valence-corrected chi connectivity index (χ1v) is 5.76. The second-order valence-electron chi connectivity index (χ2n) is 3.93. The number of methoxy groups -OCH3 is 1. The third kappa shape index (κ3) is 2.74. The Bertz CT molecular complexity index is 534. The summed E-state index contributed by atoms with van der Waals surface area (Å²) >= 11 is 0. The highest BCUT2D eigenvalue weighted by atomic mass is 16.5. The van der Waals surface area contributed by atoms with Gasteiger partial charge >= 0.3 is 5.97 Å². The first-order chi connectivity index (χ1) is 8.70. The highest BCUT2D eigenvalue weighted by Crippen LogP contribution is 2.09. The number of aryl methyl sites for hydroxylation is 2. The molecule has 0 saturated carbocycles. The molecule has 5 heteroatoms. The van der Waals surface area contributed by atoms with Crippen LogP contribution in [0.4, 0.5) is 0 Å². The van der Waals surface area contributed by atoms with Gasteiger partial charge in [-0.3, -0.25) is 4.79 Å². The topological polar surface area (TPSA) is 57.0 Å². The number of nitrogens with zero attached hydrogens (tertiary/aromatic N) is 3. The lowest BCUT2D eigenvalue weighted by Gasteiger charge is -1.98. The molecule has 18 heavy (non-hydrogen) atoms. The van der Waals surface area contributed by atoms with E-state index in [0.717, 1.165) is 17.1 Å². The summed E-state index contributed by atoms with van der Waals surface area (Å²) in [4.78, 5) is 12.7. The number of para-hydroxylation sites is 1. The molecular formula is C13H15N3O2. The van der Waals surface area contributed by atoms with Gasteiger partial charge in [-0.2, -0.15) is 15.0 Å². The van der Waals surface area contributed by atoms with Gasteiger partial charge in [0.25, 0.3) is 0 Å². The molecule has 0 radical (unpaired) electrons. The lowest BCUT2D eigenvalue weighted by atomic mass is 10.2. The Balaban J connectivity index is 2.15. The van der Waals surface area contributed by atoms with E-state index >= 15 is 0 Å². The number of carbonyl (C=O) groups excluding carboxylic acids is 1. The van der Waals surface area contributed by atoms with Crippen molar-refractivity contribution in [2.75, 3.05) is 7.11 Å². The molecule has 1 heterocycles. The molecule has 0 N–H and O–H groups in total. The summed E-state index contributed by atoms with van der Waals surface area (Å²) in [5.74, 6) is -0.233. The van der Waals surface area contributed by atoms with Crippen molar-refractivity contribution in [1.29, 1.82) is 0 Å². The van der Waals surface area contributed by atoms with Crippen molar-refractivity contribution in [1.82, 2.24) is 15.0 Å². The molecule has 0 bridgehead atoms. The average Bonchev–Trinajstić information content (AvgIpc) is 2.78. The molecule has 0 aliphatic carbocycles. The average molecular weight is 245 g/mol. The quantitative estimate of drug-likeness (QED) is 0.769. The van der Waals surface area contributed by atoms with Gasteiger partial charge in [0.2, 0.25) is 0 Å². The van der Waals surface area contributed by atoms with E-state index in [1.807, 2.05) is 37.3 Å². The number of ether oxygens (including phenoxy) is 1. The molecule has 0 atom stereocenters. The molecule has 0 unspecified atom stereocenters. The number of aromatic nitrogens is 3. The van der Waals surface area contributed by atoms with Gasteiger partial charge in [-0.25, -0.2) is 0 Å². The van der Waals surface area contributed by atoms with Gasteiger partial charge < -0.3 is 4.74 Å². The molecule has 0 spiro atoms. The maximum absolute atomic E-state index is 11.1. The summed E-state index contributed by atoms with van der Waals surface area (Å²) in [5.41, 5.74) is 2.57. The van der Waals surface area contributed by atoms with Crippen molar-refractivity contribution >= 4 is 5.97 Å². The Kier molecular flexibility index (Phi) is 3.72. The van der Waals surface area contributed by atoms with Crippen LogP contribution in [0, 0.1) is 6.92 Å². The van der Waals surface area contributed by atoms with Crippen molar-refractivity contribution in [3.8, 4) is 5.69 Å². The van der Waals surface area contributed by atoms with Crippen LogP contribution >= 0.6 is 0 Å². The van der Waals surface area contributed by atoms with Gasteiger partial charge in [0.15, 0.2) is 0 Å². The van der Waals surface area contributed by atoms with Crippen molar-refractivity contribution in [3.63, 3.8) is 0 Å². The van der Waals surface area contributed by atoms with Gasteiger partial charge in [-0.05, 0) is 19.1 Å². The van der Waals surface area contributed by atoms with E-state index in [1.165, 1.54) is 7.11 Å². The molecule has 0 saturated heterocycles. The lowest BCUT2D eigenvalue weighted by molar-refractivity contribution is -0.140. The first kappa shape index (κ1) is 12.3. The molecule has 5 nitrogen and oxygen atoms in total. The fraction of sp³-hybridized carbons (Fsp3) is 0.308. The summed E-state index contributed by atoms with van der Waals surface area (Å²) < 4.78 is 4.61. The van der Waals surface area contributed by atoms with Crippen LogP contribution in [-0.4, -0.2) is 28.1 Å². The summed E-state index contributed by atoms with van der Waals surface area (Å²) in [7, 11) is 1.38. The van der Waals surface area contributed by atoms with Gasteiger partial charge in [0, 0.05) is 6.42 Å². The number of hydrogen-bond donors (Lipinski definition) is 0. The van der Waals surface area contributed by atoms with Crippen LogP contribution in [-0.2, 0) is 16.0 Å². The van der Waals surface area contributed by atoms with Crippen LogP contribution in [0.3, 0.4) is 0 Å². The third-order valence-corrected chi connectivity index (χ3v) is 2.66. The fourth-order valence-corrected chi connectivity index (χ4v) is 1.64. The summed E-state index contributed by atoms with van der Waals surface area (Å²) in [6.45, 7) is 1.89. The van der Waals surface area contributed by atoms with Crippen molar-refractivity contribution in [2.24, 2.45) is 0 Å². The van der Waals surface area contributed by atoms with E-state index < -0.39 is 0 Å². The lowest BCUT2D eigenvalue weighted by Crippen LogP contribution is -2.03. The van der Waals surface area contributed by atoms with E-state index in [0.29, 0.717) is 12.8 Å². The summed E-state index contributed by atoms with van der Waals surface area (Å²) in [6.07, 6.45) is 0.871. The maximum atomic E-state index is 11.1. The van der Waals surface area contributed by atoms with Crippen LogP contribution < -0.4 is 0 Å². The molecule has 1 aromatic carbocycles. The van der Waals surface area contributed by atoms with Gasteiger partial charge in [-0.15, -0.1) is 0 Å². The number of carbonyl (C=O) groups is 1. The minimum absolute atomic E-state index is 0.233. The van der Waals surface area contributed by atoms with Crippen LogP contribution in [0.25, 0.3) is 5.69 Å². The second kappa shape index (κ2) is 5.44. The van der Waals surface area contributed by atoms with Crippen LogP contribution in [0.5, 0.6) is 0 Å².